The second-order valence-corrected chi connectivity index (χ2v) is 4.94. The van der Waals surface area contributed by atoms with Crippen LogP contribution in [0.15, 0.2) is 24.4 Å². The van der Waals surface area contributed by atoms with Gasteiger partial charge in [-0.25, -0.2) is 0 Å². The van der Waals surface area contributed by atoms with Gasteiger partial charge in [0.05, 0.1) is 5.56 Å². The van der Waals surface area contributed by atoms with Gasteiger partial charge >= 0.3 is 0 Å². The number of aromatic nitrogens is 2. The van der Waals surface area contributed by atoms with Crippen LogP contribution in [0.3, 0.4) is 0 Å². The van der Waals surface area contributed by atoms with Gasteiger partial charge in [-0.3, -0.25) is 14.3 Å². The van der Waals surface area contributed by atoms with E-state index in [2.05, 4.69) is 15.7 Å². The molecular weight excluding hydrogens is 306 g/mol. The number of nitrogens with one attached hydrogen (secondary N) is 2. The van der Waals surface area contributed by atoms with Gasteiger partial charge in [0.25, 0.3) is 11.8 Å². The number of hydrogen-bond acceptors (Lipinski definition) is 4. The van der Waals surface area contributed by atoms with Crippen molar-refractivity contribution in [3.05, 3.63) is 41.1 Å². The summed E-state index contributed by atoms with van der Waals surface area (Å²) in [6.07, 6.45) is 1.73. The molecule has 0 aliphatic heterocycles. The molecule has 4 N–H and O–H groups in total. The van der Waals surface area contributed by atoms with Crippen LogP contribution in [0.4, 0.5) is 11.5 Å². The van der Waals surface area contributed by atoms with E-state index in [9.17, 15) is 9.59 Å². The number of benzene rings is 1. The highest BCUT2D eigenvalue weighted by Gasteiger charge is 2.17. The minimum Gasteiger partial charge on any atom is -0.398 e. The summed E-state index contributed by atoms with van der Waals surface area (Å²) in [4.78, 5) is 24.3. The van der Waals surface area contributed by atoms with Crippen molar-refractivity contribution >= 4 is 23.3 Å². The number of hydrogen-bond donors (Lipinski definition) is 3. The lowest BCUT2D eigenvalue weighted by Crippen LogP contribution is -2.25. The molecule has 2 amide bonds. The first-order valence-electron chi connectivity index (χ1n) is 7.91. The fourth-order valence-electron chi connectivity index (χ4n) is 2.09. The predicted molar refractivity (Wildman–Crippen MR) is 96.1 cm³/mol. The highest BCUT2D eigenvalue weighted by Crippen LogP contribution is 2.20. The fraction of sp³-hybridized carbons (Fsp3) is 0.353. The molecule has 1 heterocycles. The molecule has 0 radical (unpaired) electrons. The van der Waals surface area contributed by atoms with Crippen molar-refractivity contribution in [2.45, 2.75) is 27.7 Å². The van der Waals surface area contributed by atoms with Crippen LogP contribution in [-0.2, 0) is 7.05 Å². The molecule has 0 spiro atoms. The van der Waals surface area contributed by atoms with E-state index in [0.717, 1.165) is 0 Å². The Hall–Kier alpha value is -2.83. The van der Waals surface area contributed by atoms with Crippen molar-refractivity contribution in [2.75, 3.05) is 17.6 Å². The van der Waals surface area contributed by atoms with Gasteiger partial charge in [0.15, 0.2) is 5.82 Å². The average molecular weight is 331 g/mol. The largest absolute Gasteiger partial charge is 0.398 e. The maximum absolute atomic E-state index is 12.4. The molecule has 0 atom stereocenters. The summed E-state index contributed by atoms with van der Waals surface area (Å²) in [5.41, 5.74) is 7.59. The van der Waals surface area contributed by atoms with Crippen molar-refractivity contribution in [3.63, 3.8) is 0 Å². The van der Waals surface area contributed by atoms with Crippen LogP contribution in [0.1, 0.15) is 47.1 Å². The van der Waals surface area contributed by atoms with Crippen LogP contribution in [-0.4, -0.2) is 28.1 Å². The highest BCUT2D eigenvalue weighted by atomic mass is 16.2. The Morgan fingerprint density at radius 1 is 1.21 bits per heavy atom. The number of anilines is 2. The van der Waals surface area contributed by atoms with Crippen LogP contribution in [0, 0.1) is 6.92 Å². The lowest BCUT2D eigenvalue weighted by molar-refractivity contribution is 0.0956. The Bertz CT molecular complexity index is 722. The zero-order valence-corrected chi connectivity index (χ0v) is 14.8. The topological polar surface area (TPSA) is 102 Å². The molecule has 24 heavy (non-hydrogen) atoms. The molecule has 7 heteroatoms. The van der Waals surface area contributed by atoms with Crippen molar-refractivity contribution in [3.8, 4) is 0 Å². The molecule has 2 aromatic rings. The number of carbonyl (C=O) groups is 2. The number of nitrogen functional groups attached to an aromatic ring is 1. The highest BCUT2D eigenvalue weighted by molar-refractivity contribution is 6.08. The van der Waals surface area contributed by atoms with Crippen molar-refractivity contribution in [2.24, 2.45) is 7.05 Å². The summed E-state index contributed by atoms with van der Waals surface area (Å²) in [5, 5.41) is 9.46. The SMILES string of the molecule is CC.CCNC(=O)c1cc(C(=O)Nc2ccn(C)n2)c(C)cc1N. The van der Waals surface area contributed by atoms with Crippen LogP contribution in [0.2, 0.25) is 0 Å². The zero-order chi connectivity index (χ0) is 18.3. The summed E-state index contributed by atoms with van der Waals surface area (Å²) in [6, 6.07) is 4.82. The first kappa shape index (κ1) is 19.2. The van der Waals surface area contributed by atoms with E-state index in [-0.39, 0.29) is 11.8 Å². The molecule has 0 fully saturated rings. The first-order chi connectivity index (χ1) is 11.4. The quantitative estimate of drug-likeness (QED) is 0.748. The molecular formula is C17H25N5O2. The van der Waals surface area contributed by atoms with Crippen LogP contribution in [0.5, 0.6) is 0 Å². The molecule has 0 aliphatic carbocycles. The second-order valence-electron chi connectivity index (χ2n) is 4.94. The molecule has 0 unspecified atom stereocenters. The number of carbonyl (C=O) groups excluding carboxylic acids is 2. The van der Waals surface area contributed by atoms with Gasteiger partial charge in [-0.15, -0.1) is 0 Å². The maximum atomic E-state index is 12.4. The van der Waals surface area contributed by atoms with E-state index in [1.54, 1.807) is 37.0 Å². The number of nitrogens with two attached hydrogens (primary N) is 1. The fourth-order valence-corrected chi connectivity index (χ4v) is 2.09. The van der Waals surface area contributed by atoms with Gasteiger partial charge in [0, 0.05) is 37.1 Å². The van der Waals surface area contributed by atoms with Crippen molar-refractivity contribution in [1.82, 2.24) is 15.1 Å². The number of amides is 2. The Morgan fingerprint density at radius 2 is 1.88 bits per heavy atom. The van der Waals surface area contributed by atoms with Gasteiger partial charge < -0.3 is 16.4 Å². The predicted octanol–water partition coefficient (Wildman–Crippen LogP) is 2.34. The zero-order valence-electron chi connectivity index (χ0n) is 14.8. The van der Waals surface area contributed by atoms with Crippen molar-refractivity contribution in [1.29, 1.82) is 0 Å². The van der Waals surface area contributed by atoms with Crippen LogP contribution in [0.25, 0.3) is 0 Å². The smallest absolute Gasteiger partial charge is 0.257 e. The third kappa shape index (κ3) is 4.58. The van der Waals surface area contributed by atoms with E-state index in [1.807, 2.05) is 20.8 Å². The van der Waals surface area contributed by atoms with Crippen LogP contribution >= 0.6 is 0 Å². The molecule has 2 rings (SSSR count). The Morgan fingerprint density at radius 3 is 2.42 bits per heavy atom. The maximum Gasteiger partial charge on any atom is 0.257 e. The van der Waals surface area contributed by atoms with E-state index in [1.165, 1.54) is 6.07 Å². The third-order valence-electron chi connectivity index (χ3n) is 3.18. The normalized spacial score (nSPS) is 9.71. The van der Waals surface area contributed by atoms with E-state index in [0.29, 0.717) is 34.7 Å². The summed E-state index contributed by atoms with van der Waals surface area (Å²) in [6.45, 7) is 8.07. The Labute approximate surface area is 142 Å². The van der Waals surface area contributed by atoms with Gasteiger partial charge in [-0.1, -0.05) is 13.8 Å². The molecule has 7 nitrogen and oxygen atoms in total. The minimum absolute atomic E-state index is 0.290. The second kappa shape index (κ2) is 8.71. The monoisotopic (exact) mass is 331 g/mol. The number of aryl methyl sites for hydroxylation is 2. The van der Waals surface area contributed by atoms with E-state index < -0.39 is 0 Å². The summed E-state index contributed by atoms with van der Waals surface area (Å²) in [5.74, 6) is -0.183. The minimum atomic E-state index is -0.332. The first-order valence-corrected chi connectivity index (χ1v) is 7.91. The third-order valence-corrected chi connectivity index (χ3v) is 3.18. The van der Waals surface area contributed by atoms with Gasteiger partial charge in [-0.2, -0.15) is 5.10 Å². The molecule has 0 saturated heterocycles. The lowest BCUT2D eigenvalue weighted by Gasteiger charge is -2.11. The molecule has 130 valence electrons. The van der Waals surface area contributed by atoms with Gasteiger partial charge in [-0.05, 0) is 31.5 Å². The molecule has 0 bridgehead atoms. The molecule has 0 aliphatic rings. The summed E-state index contributed by atoms with van der Waals surface area (Å²) >= 11 is 0. The van der Waals surface area contributed by atoms with E-state index in [4.69, 9.17) is 5.73 Å². The molecule has 1 aromatic carbocycles. The summed E-state index contributed by atoms with van der Waals surface area (Å²) in [7, 11) is 1.76. The van der Waals surface area contributed by atoms with Crippen LogP contribution < -0.4 is 16.4 Å². The Balaban J connectivity index is 0.00000139. The number of nitrogens with zero attached hydrogens (tertiary/aromatic N) is 2. The molecule has 0 saturated carbocycles. The molecule has 1 aromatic heterocycles. The van der Waals surface area contributed by atoms with Gasteiger partial charge in [0.2, 0.25) is 0 Å². The summed E-state index contributed by atoms with van der Waals surface area (Å²) < 4.78 is 1.59. The van der Waals surface area contributed by atoms with E-state index >= 15 is 0 Å². The standard InChI is InChI=1S/C15H19N5O2.C2H6/c1-4-17-14(21)11-8-10(9(2)7-12(11)16)15(22)18-13-5-6-20(3)19-13;1-2/h5-8H,4,16H2,1-3H3,(H,17,21)(H,18,19,22);1-2H3. The number of rotatable bonds is 4. The Kier molecular flexibility index (Phi) is 6.98. The van der Waals surface area contributed by atoms with Crippen molar-refractivity contribution < 1.29 is 9.59 Å². The lowest BCUT2D eigenvalue weighted by atomic mass is 10.0. The average Bonchev–Trinajstić information content (AvgIpc) is 2.94. The van der Waals surface area contributed by atoms with Gasteiger partial charge in [0.1, 0.15) is 0 Å².